The van der Waals surface area contributed by atoms with Crippen molar-refractivity contribution in [2.24, 2.45) is 5.73 Å². The van der Waals surface area contributed by atoms with Crippen molar-refractivity contribution in [2.75, 3.05) is 39.8 Å². The van der Waals surface area contributed by atoms with Gasteiger partial charge in [0, 0.05) is 25.7 Å². The molecule has 1 aliphatic heterocycles. The number of unbranched alkanes of at least 4 members (excludes halogenated alkanes) is 1. The van der Waals surface area contributed by atoms with Gasteiger partial charge in [-0.25, -0.2) is 0 Å². The first-order valence-corrected chi connectivity index (χ1v) is 7.75. The van der Waals surface area contributed by atoms with Crippen molar-refractivity contribution in [3.63, 3.8) is 0 Å². The maximum absolute atomic E-state index is 11.7. The van der Waals surface area contributed by atoms with Crippen LogP contribution in [-0.4, -0.2) is 67.2 Å². The summed E-state index contributed by atoms with van der Waals surface area (Å²) in [4.78, 5) is 16.6. The van der Waals surface area contributed by atoms with Crippen molar-refractivity contribution in [2.45, 2.75) is 51.6 Å². The molecular formula is C15H31N3O2. The standard InChI is InChI=1S/C15H31N3O2/c1-5-20-14(19)15(3,16)8-6-7-9-18-11-10-17(4)13(2)12-18/h13H,5-12,16H2,1-4H3. The highest BCUT2D eigenvalue weighted by atomic mass is 16.5. The quantitative estimate of drug-likeness (QED) is 0.560. The first-order chi connectivity index (χ1) is 9.36. The van der Waals surface area contributed by atoms with E-state index in [0.717, 1.165) is 39.0 Å². The fourth-order valence-electron chi connectivity index (χ4n) is 2.55. The summed E-state index contributed by atoms with van der Waals surface area (Å²) < 4.78 is 5.00. The van der Waals surface area contributed by atoms with Gasteiger partial charge in [0.2, 0.25) is 0 Å². The number of hydrogen-bond donors (Lipinski definition) is 1. The first-order valence-electron chi connectivity index (χ1n) is 7.75. The molecule has 1 rings (SSSR count). The normalized spacial score (nSPS) is 24.4. The van der Waals surface area contributed by atoms with E-state index < -0.39 is 5.54 Å². The van der Waals surface area contributed by atoms with E-state index in [-0.39, 0.29) is 5.97 Å². The monoisotopic (exact) mass is 285 g/mol. The lowest BCUT2D eigenvalue weighted by Gasteiger charge is -2.37. The molecule has 20 heavy (non-hydrogen) atoms. The van der Waals surface area contributed by atoms with Gasteiger partial charge >= 0.3 is 5.97 Å². The summed E-state index contributed by atoms with van der Waals surface area (Å²) in [6, 6.07) is 0.628. The van der Waals surface area contributed by atoms with Gasteiger partial charge in [-0.2, -0.15) is 0 Å². The van der Waals surface area contributed by atoms with Gasteiger partial charge in [-0.3, -0.25) is 4.79 Å². The van der Waals surface area contributed by atoms with Crippen molar-refractivity contribution in [3.05, 3.63) is 0 Å². The Labute approximate surface area is 123 Å². The van der Waals surface area contributed by atoms with Crippen LogP contribution in [0.1, 0.15) is 40.0 Å². The SMILES string of the molecule is CCOC(=O)C(C)(N)CCCCN1CCN(C)C(C)C1. The van der Waals surface area contributed by atoms with Crippen LogP contribution in [0.2, 0.25) is 0 Å². The highest BCUT2D eigenvalue weighted by molar-refractivity contribution is 5.79. The third-order valence-corrected chi connectivity index (χ3v) is 4.21. The summed E-state index contributed by atoms with van der Waals surface area (Å²) in [5.41, 5.74) is 5.17. The first kappa shape index (κ1) is 17.4. The molecule has 1 saturated heterocycles. The van der Waals surface area contributed by atoms with Gasteiger partial charge in [-0.15, -0.1) is 0 Å². The Morgan fingerprint density at radius 2 is 2.10 bits per heavy atom. The number of nitrogens with zero attached hydrogens (tertiary/aromatic N) is 2. The van der Waals surface area contributed by atoms with Gasteiger partial charge in [0.1, 0.15) is 5.54 Å². The molecule has 118 valence electrons. The van der Waals surface area contributed by atoms with Crippen LogP contribution in [0.4, 0.5) is 0 Å². The van der Waals surface area contributed by atoms with E-state index in [1.165, 1.54) is 0 Å². The Morgan fingerprint density at radius 1 is 1.40 bits per heavy atom. The summed E-state index contributed by atoms with van der Waals surface area (Å²) in [5.74, 6) is -0.284. The zero-order valence-corrected chi connectivity index (χ0v) is 13.5. The smallest absolute Gasteiger partial charge is 0.325 e. The number of carbonyl (C=O) groups excluding carboxylic acids is 1. The van der Waals surface area contributed by atoms with Crippen molar-refractivity contribution in [1.82, 2.24) is 9.80 Å². The average Bonchev–Trinajstić information content (AvgIpc) is 2.39. The molecule has 2 N–H and O–H groups in total. The summed E-state index contributed by atoms with van der Waals surface area (Å²) in [6.45, 7) is 10.7. The van der Waals surface area contributed by atoms with E-state index in [4.69, 9.17) is 10.5 Å². The maximum Gasteiger partial charge on any atom is 0.325 e. The summed E-state index contributed by atoms with van der Waals surface area (Å²) in [6.07, 6.45) is 2.74. The maximum atomic E-state index is 11.7. The highest BCUT2D eigenvalue weighted by Crippen LogP contribution is 2.14. The van der Waals surface area contributed by atoms with Crippen LogP contribution in [0.3, 0.4) is 0 Å². The highest BCUT2D eigenvalue weighted by Gasteiger charge is 2.29. The summed E-state index contributed by atoms with van der Waals surface area (Å²) >= 11 is 0. The molecule has 0 bridgehead atoms. The Kier molecular flexibility index (Phi) is 6.92. The molecule has 0 amide bonds. The van der Waals surface area contributed by atoms with Crippen molar-refractivity contribution < 1.29 is 9.53 Å². The second kappa shape index (κ2) is 7.96. The summed E-state index contributed by atoms with van der Waals surface area (Å²) in [5, 5.41) is 0. The number of carbonyl (C=O) groups is 1. The molecule has 0 spiro atoms. The lowest BCUT2D eigenvalue weighted by Crippen LogP contribution is -2.50. The number of esters is 1. The largest absolute Gasteiger partial charge is 0.465 e. The molecule has 2 unspecified atom stereocenters. The predicted molar refractivity (Wildman–Crippen MR) is 81.6 cm³/mol. The van der Waals surface area contributed by atoms with Gasteiger partial charge in [0.25, 0.3) is 0 Å². The van der Waals surface area contributed by atoms with Crippen LogP contribution in [0.5, 0.6) is 0 Å². The summed E-state index contributed by atoms with van der Waals surface area (Å²) in [7, 11) is 2.18. The second-order valence-electron chi connectivity index (χ2n) is 6.23. The van der Waals surface area contributed by atoms with E-state index in [0.29, 0.717) is 19.1 Å². The molecule has 2 atom stereocenters. The zero-order chi connectivity index (χ0) is 15.2. The molecule has 1 heterocycles. The molecule has 1 fully saturated rings. The molecule has 1 aliphatic rings. The number of nitrogens with two attached hydrogens (primary N) is 1. The Bertz CT molecular complexity index is 307. The van der Waals surface area contributed by atoms with E-state index in [1.54, 1.807) is 6.92 Å². The van der Waals surface area contributed by atoms with Crippen LogP contribution < -0.4 is 5.73 Å². The van der Waals surface area contributed by atoms with Crippen LogP contribution in [0, 0.1) is 0 Å². The second-order valence-corrected chi connectivity index (χ2v) is 6.23. The van der Waals surface area contributed by atoms with E-state index >= 15 is 0 Å². The molecule has 5 nitrogen and oxygen atoms in total. The van der Waals surface area contributed by atoms with Crippen molar-refractivity contribution in [1.29, 1.82) is 0 Å². The molecule has 0 radical (unpaired) electrons. The average molecular weight is 285 g/mol. The van der Waals surface area contributed by atoms with E-state index in [9.17, 15) is 4.79 Å². The zero-order valence-electron chi connectivity index (χ0n) is 13.5. The topological polar surface area (TPSA) is 58.8 Å². The Balaban J connectivity index is 2.20. The Hall–Kier alpha value is -0.650. The van der Waals surface area contributed by atoms with Crippen molar-refractivity contribution in [3.8, 4) is 0 Å². The third kappa shape index (κ3) is 5.38. The fraction of sp³-hybridized carbons (Fsp3) is 0.933. The minimum atomic E-state index is -0.842. The minimum absolute atomic E-state index is 0.284. The number of ether oxygens (including phenoxy) is 1. The number of rotatable bonds is 7. The molecule has 0 aromatic carbocycles. The van der Waals surface area contributed by atoms with Crippen LogP contribution in [-0.2, 0) is 9.53 Å². The van der Waals surface area contributed by atoms with Gasteiger partial charge in [-0.1, -0.05) is 0 Å². The predicted octanol–water partition coefficient (Wildman–Crippen LogP) is 1.07. The minimum Gasteiger partial charge on any atom is -0.465 e. The van der Waals surface area contributed by atoms with Crippen LogP contribution in [0.15, 0.2) is 0 Å². The number of piperazine rings is 1. The van der Waals surface area contributed by atoms with E-state index in [1.807, 2.05) is 6.92 Å². The molecule has 0 saturated carbocycles. The van der Waals surface area contributed by atoms with Gasteiger partial charge in [0.15, 0.2) is 0 Å². The van der Waals surface area contributed by atoms with Crippen LogP contribution >= 0.6 is 0 Å². The lowest BCUT2D eigenvalue weighted by molar-refractivity contribution is -0.149. The van der Waals surface area contributed by atoms with E-state index in [2.05, 4.69) is 23.8 Å². The van der Waals surface area contributed by atoms with Gasteiger partial charge in [-0.05, 0) is 53.6 Å². The third-order valence-electron chi connectivity index (χ3n) is 4.21. The van der Waals surface area contributed by atoms with Gasteiger partial charge in [0.05, 0.1) is 6.61 Å². The van der Waals surface area contributed by atoms with Crippen molar-refractivity contribution >= 4 is 5.97 Å². The molecule has 0 aromatic heterocycles. The molecule has 5 heteroatoms. The number of hydrogen-bond acceptors (Lipinski definition) is 5. The molecule has 0 aliphatic carbocycles. The molecular weight excluding hydrogens is 254 g/mol. The Morgan fingerprint density at radius 3 is 2.70 bits per heavy atom. The number of likely N-dealkylation sites (N-methyl/N-ethyl adjacent to an activating group) is 1. The van der Waals surface area contributed by atoms with Crippen LogP contribution in [0.25, 0.3) is 0 Å². The lowest BCUT2D eigenvalue weighted by atomic mass is 9.96. The molecule has 0 aromatic rings. The fourth-order valence-corrected chi connectivity index (χ4v) is 2.55. The van der Waals surface area contributed by atoms with Gasteiger partial charge < -0.3 is 20.3 Å².